The van der Waals surface area contributed by atoms with E-state index in [2.05, 4.69) is 16.1 Å². The van der Waals surface area contributed by atoms with E-state index in [1.807, 2.05) is 30.5 Å². The minimum atomic E-state index is -0.450. The quantitative estimate of drug-likeness (QED) is 0.194. The van der Waals surface area contributed by atoms with Crippen molar-refractivity contribution in [2.24, 2.45) is 5.73 Å². The van der Waals surface area contributed by atoms with Gasteiger partial charge in [-0.05, 0) is 88.9 Å². The average Bonchev–Trinajstić information content (AvgIpc) is 2.86. The first-order valence-electron chi connectivity index (χ1n) is 11.9. The SMILES string of the molecule is CSc1ccccc1-c1nc2ccc(F)cc2c(=O)n1NCCCNCCCCNCCCN. The van der Waals surface area contributed by atoms with Gasteiger partial charge in [-0.15, -0.1) is 11.8 Å². The fourth-order valence-electron chi connectivity index (χ4n) is 3.70. The highest BCUT2D eigenvalue weighted by Crippen LogP contribution is 2.28. The molecule has 34 heavy (non-hydrogen) atoms. The third-order valence-electron chi connectivity index (χ3n) is 5.49. The number of hydrogen-bond acceptors (Lipinski definition) is 7. The molecule has 0 spiro atoms. The third-order valence-corrected chi connectivity index (χ3v) is 6.29. The molecule has 0 saturated heterocycles. The number of thioether (sulfide) groups is 1. The van der Waals surface area contributed by atoms with Gasteiger partial charge in [0.1, 0.15) is 5.82 Å². The number of unbranched alkanes of at least 4 members (excludes halogenated alkanes) is 1. The van der Waals surface area contributed by atoms with Crippen LogP contribution in [0.1, 0.15) is 25.7 Å². The number of nitrogens with zero attached hydrogens (tertiary/aromatic N) is 2. The summed E-state index contributed by atoms with van der Waals surface area (Å²) in [5.74, 6) is 0.0816. The maximum Gasteiger partial charge on any atom is 0.280 e. The number of nitrogens with two attached hydrogens (primary N) is 1. The van der Waals surface area contributed by atoms with Crippen molar-refractivity contribution in [3.8, 4) is 11.4 Å². The number of hydrogen-bond donors (Lipinski definition) is 4. The Morgan fingerprint density at radius 3 is 2.41 bits per heavy atom. The molecule has 0 aliphatic carbocycles. The number of fused-ring (bicyclic) bond motifs is 1. The Kier molecular flexibility index (Phi) is 10.8. The van der Waals surface area contributed by atoms with Crippen molar-refractivity contribution in [1.82, 2.24) is 20.3 Å². The number of nitrogens with one attached hydrogen (secondary N) is 3. The smallest absolute Gasteiger partial charge is 0.280 e. The van der Waals surface area contributed by atoms with E-state index in [1.165, 1.54) is 16.8 Å². The van der Waals surface area contributed by atoms with Crippen LogP contribution in [0.5, 0.6) is 0 Å². The van der Waals surface area contributed by atoms with E-state index >= 15 is 0 Å². The van der Waals surface area contributed by atoms with Crippen LogP contribution in [0.3, 0.4) is 0 Å². The van der Waals surface area contributed by atoms with Crippen LogP contribution in [-0.2, 0) is 0 Å². The van der Waals surface area contributed by atoms with Gasteiger partial charge in [-0.3, -0.25) is 4.79 Å². The molecular formula is C25H35FN6OS. The number of rotatable bonds is 15. The molecule has 0 amide bonds. The Morgan fingerprint density at radius 2 is 1.68 bits per heavy atom. The molecule has 0 aliphatic heterocycles. The maximum absolute atomic E-state index is 13.8. The molecule has 7 nitrogen and oxygen atoms in total. The van der Waals surface area contributed by atoms with Crippen molar-refractivity contribution in [2.45, 2.75) is 30.6 Å². The zero-order valence-electron chi connectivity index (χ0n) is 19.8. The lowest BCUT2D eigenvalue weighted by Crippen LogP contribution is -2.33. The Bertz CT molecular complexity index is 1110. The molecular weight excluding hydrogens is 451 g/mol. The summed E-state index contributed by atoms with van der Waals surface area (Å²) in [6, 6.07) is 12.0. The van der Waals surface area contributed by atoms with Crippen molar-refractivity contribution in [1.29, 1.82) is 0 Å². The molecule has 0 saturated carbocycles. The Hall–Kier alpha value is -2.46. The van der Waals surface area contributed by atoms with Crippen molar-refractivity contribution >= 4 is 22.7 Å². The van der Waals surface area contributed by atoms with Gasteiger partial charge in [-0.25, -0.2) is 14.1 Å². The first-order valence-corrected chi connectivity index (χ1v) is 13.1. The summed E-state index contributed by atoms with van der Waals surface area (Å²) in [6.45, 7) is 5.12. The summed E-state index contributed by atoms with van der Waals surface area (Å²) in [4.78, 5) is 19.0. The van der Waals surface area contributed by atoms with Crippen molar-refractivity contribution in [3.05, 3.63) is 58.6 Å². The number of aromatic nitrogens is 2. The van der Waals surface area contributed by atoms with Crippen LogP contribution in [0, 0.1) is 5.82 Å². The second-order valence-electron chi connectivity index (χ2n) is 8.05. The molecule has 0 aliphatic rings. The largest absolute Gasteiger partial charge is 0.330 e. The highest BCUT2D eigenvalue weighted by molar-refractivity contribution is 7.98. The highest BCUT2D eigenvalue weighted by atomic mass is 32.2. The van der Waals surface area contributed by atoms with Crippen LogP contribution < -0.4 is 27.4 Å². The van der Waals surface area contributed by atoms with Crippen LogP contribution in [0.4, 0.5) is 4.39 Å². The van der Waals surface area contributed by atoms with Gasteiger partial charge in [0, 0.05) is 17.0 Å². The van der Waals surface area contributed by atoms with Gasteiger partial charge in [-0.1, -0.05) is 18.2 Å². The monoisotopic (exact) mass is 486 g/mol. The predicted molar refractivity (Wildman–Crippen MR) is 141 cm³/mol. The van der Waals surface area contributed by atoms with E-state index < -0.39 is 5.82 Å². The summed E-state index contributed by atoms with van der Waals surface area (Å²) in [5.41, 5.74) is 9.75. The van der Waals surface area contributed by atoms with E-state index in [0.717, 1.165) is 68.9 Å². The van der Waals surface area contributed by atoms with E-state index in [9.17, 15) is 9.18 Å². The van der Waals surface area contributed by atoms with Gasteiger partial charge in [-0.2, -0.15) is 0 Å². The molecule has 184 valence electrons. The average molecular weight is 487 g/mol. The summed E-state index contributed by atoms with van der Waals surface area (Å²) < 4.78 is 15.3. The van der Waals surface area contributed by atoms with Gasteiger partial charge in [0.15, 0.2) is 5.82 Å². The van der Waals surface area contributed by atoms with E-state index in [1.54, 1.807) is 17.8 Å². The molecule has 0 bridgehead atoms. The summed E-state index contributed by atoms with van der Waals surface area (Å²) >= 11 is 1.60. The molecule has 1 aromatic heterocycles. The maximum atomic E-state index is 13.8. The fraction of sp³-hybridized carbons (Fsp3) is 0.440. The van der Waals surface area contributed by atoms with Gasteiger partial charge < -0.3 is 21.8 Å². The number of halogens is 1. The topological polar surface area (TPSA) is 97.0 Å². The number of benzene rings is 2. The Morgan fingerprint density at radius 1 is 0.971 bits per heavy atom. The fourth-order valence-corrected chi connectivity index (χ4v) is 4.29. The molecule has 2 aromatic carbocycles. The zero-order chi connectivity index (χ0) is 24.2. The lowest BCUT2D eigenvalue weighted by molar-refractivity contribution is 0.569. The summed E-state index contributed by atoms with van der Waals surface area (Å²) in [6.07, 6.45) is 6.08. The van der Waals surface area contributed by atoms with Crippen molar-refractivity contribution in [3.63, 3.8) is 0 Å². The van der Waals surface area contributed by atoms with Crippen LogP contribution in [0.2, 0.25) is 0 Å². The van der Waals surface area contributed by atoms with Gasteiger partial charge in [0.2, 0.25) is 0 Å². The lowest BCUT2D eigenvalue weighted by Gasteiger charge is -2.17. The van der Waals surface area contributed by atoms with Crippen LogP contribution in [0.15, 0.2) is 52.2 Å². The Balaban J connectivity index is 1.61. The van der Waals surface area contributed by atoms with Gasteiger partial charge in [0.05, 0.1) is 10.9 Å². The van der Waals surface area contributed by atoms with Crippen LogP contribution in [0.25, 0.3) is 22.3 Å². The predicted octanol–water partition coefficient (Wildman–Crippen LogP) is 3.17. The molecule has 3 rings (SSSR count). The molecule has 0 fully saturated rings. The lowest BCUT2D eigenvalue weighted by atomic mass is 10.2. The van der Waals surface area contributed by atoms with Crippen molar-refractivity contribution in [2.75, 3.05) is 51.0 Å². The third kappa shape index (κ3) is 7.27. The molecule has 1 heterocycles. The van der Waals surface area contributed by atoms with Crippen LogP contribution >= 0.6 is 11.8 Å². The molecule has 0 radical (unpaired) electrons. The van der Waals surface area contributed by atoms with Crippen molar-refractivity contribution < 1.29 is 4.39 Å². The second-order valence-corrected chi connectivity index (χ2v) is 8.90. The highest BCUT2D eigenvalue weighted by Gasteiger charge is 2.16. The normalized spacial score (nSPS) is 11.3. The van der Waals surface area contributed by atoms with E-state index in [-0.39, 0.29) is 10.9 Å². The molecule has 0 unspecified atom stereocenters. The molecule has 0 atom stereocenters. The molecule has 9 heteroatoms. The van der Waals surface area contributed by atoms with E-state index in [0.29, 0.717) is 17.9 Å². The summed E-state index contributed by atoms with van der Waals surface area (Å²) in [7, 11) is 0. The second kappa shape index (κ2) is 14.1. The van der Waals surface area contributed by atoms with Gasteiger partial charge in [0.25, 0.3) is 5.56 Å². The molecule has 5 N–H and O–H groups in total. The first-order chi connectivity index (χ1) is 16.7. The standard InChI is InChI=1S/C25H35FN6OS/c1-34-23-9-3-2-8-20(23)24-31-22-11-10-19(26)18-21(22)25(33)32(24)30-17-7-16-29-14-5-4-13-28-15-6-12-27/h2-3,8-11,18,28-30H,4-7,12-17,27H2,1H3. The van der Waals surface area contributed by atoms with E-state index in [4.69, 9.17) is 10.7 Å². The molecule has 3 aromatic rings. The zero-order valence-corrected chi connectivity index (χ0v) is 20.6. The first kappa shape index (κ1) is 26.2. The van der Waals surface area contributed by atoms with Gasteiger partial charge >= 0.3 is 0 Å². The summed E-state index contributed by atoms with van der Waals surface area (Å²) in [5, 5.41) is 7.09. The van der Waals surface area contributed by atoms with Crippen LogP contribution in [-0.4, -0.2) is 55.2 Å². The minimum Gasteiger partial charge on any atom is -0.330 e. The minimum absolute atomic E-state index is 0.260. The Labute approximate surface area is 204 Å².